The minimum absolute atomic E-state index is 0.00711. The molecule has 5 amide bonds. The summed E-state index contributed by atoms with van der Waals surface area (Å²) in [6.07, 6.45) is 3.65. The highest BCUT2D eigenvalue weighted by Crippen LogP contribution is 2.34. The lowest BCUT2D eigenvalue weighted by Crippen LogP contribution is -2.56. The van der Waals surface area contributed by atoms with Crippen molar-refractivity contribution in [2.24, 2.45) is 17.6 Å². The van der Waals surface area contributed by atoms with Crippen molar-refractivity contribution < 1.29 is 29.1 Å². The van der Waals surface area contributed by atoms with E-state index in [1.54, 1.807) is 6.20 Å². The van der Waals surface area contributed by atoms with Gasteiger partial charge in [-0.25, -0.2) is 4.98 Å². The number of amides is 5. The first-order chi connectivity index (χ1) is 27.8. The average molecular weight is 792 g/mol. The number of nitrogens with one attached hydrogen (secondary N) is 5. The molecule has 13 nitrogen and oxygen atoms in total. The van der Waals surface area contributed by atoms with Crippen molar-refractivity contribution in [3.05, 3.63) is 125 Å². The lowest BCUT2D eigenvalue weighted by Gasteiger charge is -2.29. The minimum Gasteiger partial charge on any atom is -0.390 e. The largest absolute Gasteiger partial charge is 0.390 e. The zero-order valence-electron chi connectivity index (χ0n) is 33.7. The van der Waals surface area contributed by atoms with Gasteiger partial charge in [0.15, 0.2) is 0 Å². The van der Waals surface area contributed by atoms with Gasteiger partial charge in [-0.1, -0.05) is 107 Å². The Kier molecular flexibility index (Phi) is 15.5. The lowest BCUT2D eigenvalue weighted by atomic mass is 9.87. The molecule has 0 aliphatic heterocycles. The third-order valence-electron chi connectivity index (χ3n) is 10.4. The van der Waals surface area contributed by atoms with Gasteiger partial charge in [-0.15, -0.1) is 0 Å². The summed E-state index contributed by atoms with van der Waals surface area (Å²) >= 11 is 0. The van der Waals surface area contributed by atoms with Crippen LogP contribution in [0, 0.1) is 11.8 Å². The fourth-order valence-corrected chi connectivity index (χ4v) is 7.54. The molecule has 1 heterocycles. The van der Waals surface area contributed by atoms with Crippen molar-refractivity contribution in [2.45, 2.75) is 109 Å². The van der Waals surface area contributed by atoms with Gasteiger partial charge < -0.3 is 31.8 Å². The molecule has 0 bridgehead atoms. The van der Waals surface area contributed by atoms with E-state index in [9.17, 15) is 29.1 Å². The maximum atomic E-state index is 14.0. The Morgan fingerprint density at radius 3 is 1.93 bits per heavy atom. The molecule has 8 N–H and O–H groups in total. The number of aromatic amines is 1. The van der Waals surface area contributed by atoms with Crippen LogP contribution in [0.25, 0.3) is 0 Å². The Balaban J connectivity index is 1.26. The molecule has 58 heavy (non-hydrogen) atoms. The predicted molar refractivity (Wildman–Crippen MR) is 221 cm³/mol. The number of aryl methyl sites for hydroxylation is 2. The van der Waals surface area contributed by atoms with Gasteiger partial charge in [-0.2, -0.15) is 0 Å². The highest BCUT2D eigenvalue weighted by molar-refractivity contribution is 6.03. The molecule has 1 aliphatic carbocycles. The van der Waals surface area contributed by atoms with Gasteiger partial charge in [0.1, 0.15) is 12.1 Å². The number of hydrogen-bond acceptors (Lipinski definition) is 8. The van der Waals surface area contributed by atoms with Crippen LogP contribution in [0.3, 0.4) is 0 Å². The summed E-state index contributed by atoms with van der Waals surface area (Å²) in [6.45, 7) is 7.65. The number of hydrogen-bond donors (Lipinski definition) is 7. The van der Waals surface area contributed by atoms with Crippen LogP contribution in [-0.2, 0) is 49.7 Å². The maximum absolute atomic E-state index is 14.0. The number of imide groups is 1. The number of imidazole rings is 1. The summed E-state index contributed by atoms with van der Waals surface area (Å²) in [7, 11) is 0. The van der Waals surface area contributed by atoms with E-state index in [1.807, 2.05) is 107 Å². The molecule has 308 valence electrons. The number of aliphatic hydroxyl groups is 1. The molecule has 0 fully saturated rings. The van der Waals surface area contributed by atoms with E-state index in [2.05, 4.69) is 31.2 Å². The quantitative estimate of drug-likeness (QED) is 0.0793. The number of carbonyl (C=O) groups is 5. The molecule has 0 spiro atoms. The number of carbonyl (C=O) groups excluding carboxylic acids is 5. The van der Waals surface area contributed by atoms with Gasteiger partial charge in [0, 0.05) is 18.3 Å². The van der Waals surface area contributed by atoms with Gasteiger partial charge in [0.25, 0.3) is 0 Å². The molecule has 1 aromatic heterocycles. The van der Waals surface area contributed by atoms with E-state index in [4.69, 9.17) is 5.73 Å². The maximum Gasteiger partial charge on any atom is 0.249 e. The van der Waals surface area contributed by atoms with Gasteiger partial charge in [-0.05, 0) is 71.8 Å². The van der Waals surface area contributed by atoms with Crippen LogP contribution >= 0.6 is 0 Å². The van der Waals surface area contributed by atoms with E-state index < -0.39 is 72.1 Å². The van der Waals surface area contributed by atoms with Crippen molar-refractivity contribution >= 4 is 29.5 Å². The molecule has 1 aliphatic rings. The Labute approximate surface area is 340 Å². The van der Waals surface area contributed by atoms with Gasteiger partial charge in [-0.3, -0.25) is 29.3 Å². The molecular formula is C45H57N7O6. The van der Waals surface area contributed by atoms with E-state index in [0.717, 1.165) is 40.7 Å². The average Bonchev–Trinajstić information content (AvgIpc) is 3.64. The molecule has 0 saturated heterocycles. The topological polar surface area (TPSA) is 208 Å². The van der Waals surface area contributed by atoms with Crippen LogP contribution in [0.2, 0.25) is 0 Å². The number of H-pyrrole nitrogens is 1. The monoisotopic (exact) mass is 791 g/mol. The van der Waals surface area contributed by atoms with Gasteiger partial charge in [0.05, 0.1) is 36.9 Å². The number of nitrogens with two attached hydrogens (primary N) is 1. The number of aromatic nitrogens is 2. The second-order valence-corrected chi connectivity index (χ2v) is 16.1. The first kappa shape index (κ1) is 43.5. The molecule has 0 unspecified atom stereocenters. The summed E-state index contributed by atoms with van der Waals surface area (Å²) in [5, 5.41) is 22.4. The fourth-order valence-electron chi connectivity index (χ4n) is 7.54. The molecule has 0 radical (unpaired) electrons. The summed E-state index contributed by atoms with van der Waals surface area (Å²) in [5.41, 5.74) is 11.5. The Hall–Kier alpha value is -5.66. The van der Waals surface area contributed by atoms with E-state index >= 15 is 0 Å². The number of benzene rings is 3. The normalized spacial score (nSPS) is 15.2. The third kappa shape index (κ3) is 12.2. The van der Waals surface area contributed by atoms with Crippen LogP contribution in [0.5, 0.6) is 0 Å². The molecule has 3 aromatic carbocycles. The predicted octanol–water partition coefficient (Wildman–Crippen LogP) is 3.39. The molecule has 0 saturated carbocycles. The number of aliphatic hydroxyl groups excluding tert-OH is 1. The standard InChI is InChI=1S/C45H57N7O6/c1-27(2)20-36(50-43(56)38(23-32-25-47-26-48-32)51-42(55)35(46)22-29-12-6-5-7-13-29)39(53)24-40(54)49-37(21-28(3)4)44(57)52-45(58)41-33-16-10-8-14-30(33)18-19-31-15-9-11-17-34(31)41/h5-17,25-28,35-39,41,53H,18-24,46H2,1-4H3,(H,47,48)(H,49,54)(H,50,56)(H,51,55)(H,52,57,58)/t35-,36-,37-,38-,39-/m0/s1. The molecule has 13 heteroatoms. The third-order valence-corrected chi connectivity index (χ3v) is 10.4. The summed E-state index contributed by atoms with van der Waals surface area (Å²) in [5.74, 6) is -3.57. The highest BCUT2D eigenvalue weighted by atomic mass is 16.3. The van der Waals surface area contributed by atoms with E-state index in [1.165, 1.54) is 6.33 Å². The molecule has 5 atom stereocenters. The Bertz CT molecular complexity index is 1950. The Morgan fingerprint density at radius 2 is 1.34 bits per heavy atom. The lowest BCUT2D eigenvalue weighted by molar-refractivity contribution is -0.135. The van der Waals surface area contributed by atoms with E-state index in [-0.39, 0.29) is 31.1 Å². The van der Waals surface area contributed by atoms with Crippen LogP contribution in [0.4, 0.5) is 0 Å². The second kappa shape index (κ2) is 20.7. The highest BCUT2D eigenvalue weighted by Gasteiger charge is 2.34. The molecule has 4 aromatic rings. The zero-order chi connectivity index (χ0) is 41.8. The van der Waals surface area contributed by atoms with Crippen LogP contribution < -0.4 is 27.0 Å². The smallest absolute Gasteiger partial charge is 0.249 e. The summed E-state index contributed by atoms with van der Waals surface area (Å²) in [4.78, 5) is 75.5. The Morgan fingerprint density at radius 1 is 0.741 bits per heavy atom. The van der Waals surface area contributed by atoms with Crippen molar-refractivity contribution in [1.82, 2.24) is 31.2 Å². The number of fused-ring (bicyclic) bond motifs is 2. The van der Waals surface area contributed by atoms with Crippen molar-refractivity contribution in [3.63, 3.8) is 0 Å². The second-order valence-electron chi connectivity index (χ2n) is 16.1. The van der Waals surface area contributed by atoms with Crippen LogP contribution in [0.15, 0.2) is 91.4 Å². The first-order valence-electron chi connectivity index (χ1n) is 20.1. The fraction of sp³-hybridized carbons (Fsp3) is 0.422. The molecule has 5 rings (SSSR count). The first-order valence-corrected chi connectivity index (χ1v) is 20.1. The summed E-state index contributed by atoms with van der Waals surface area (Å²) in [6, 6.07) is 20.9. The van der Waals surface area contributed by atoms with Crippen molar-refractivity contribution in [1.29, 1.82) is 0 Å². The van der Waals surface area contributed by atoms with Gasteiger partial charge >= 0.3 is 0 Å². The van der Waals surface area contributed by atoms with Gasteiger partial charge in [0.2, 0.25) is 29.5 Å². The summed E-state index contributed by atoms with van der Waals surface area (Å²) < 4.78 is 0. The van der Waals surface area contributed by atoms with Crippen LogP contribution in [-0.4, -0.2) is 74.9 Å². The van der Waals surface area contributed by atoms with Crippen molar-refractivity contribution in [3.8, 4) is 0 Å². The number of nitrogens with zero attached hydrogens (tertiary/aromatic N) is 1. The number of rotatable bonds is 18. The SMILES string of the molecule is CC(C)C[C@H](NC(=O)C[C@H](O)[C@H](CC(C)C)NC(=O)[C@H](Cc1cnc[nH]1)NC(=O)[C@@H](N)Cc1ccccc1)C(=O)NC(=O)C1c2ccccc2CCc2ccccc21. The molecular weight excluding hydrogens is 735 g/mol. The minimum atomic E-state index is -1.35. The van der Waals surface area contributed by atoms with Crippen molar-refractivity contribution in [2.75, 3.05) is 0 Å². The van der Waals surface area contributed by atoms with Crippen LogP contribution in [0.1, 0.15) is 86.4 Å². The van der Waals surface area contributed by atoms with E-state index in [0.29, 0.717) is 12.1 Å². The zero-order valence-corrected chi connectivity index (χ0v) is 33.7.